The second-order valence-electron chi connectivity index (χ2n) is 6.12. The van der Waals surface area contributed by atoms with Gasteiger partial charge in [0.15, 0.2) is 5.76 Å². The van der Waals surface area contributed by atoms with E-state index in [-0.39, 0.29) is 7.19 Å². The topological polar surface area (TPSA) is 75.0 Å². The van der Waals surface area contributed by atoms with Gasteiger partial charge in [0.05, 0.1) is 12.1 Å². The number of hydrogen-bond donors (Lipinski definition) is 1. The zero-order chi connectivity index (χ0) is 18.9. The van der Waals surface area contributed by atoms with Crippen molar-refractivity contribution in [2.45, 2.75) is 32.5 Å². The number of rotatable bonds is 5. The lowest BCUT2D eigenvalue weighted by Gasteiger charge is -2.26. The molecule has 3 aromatic heterocycles. The van der Waals surface area contributed by atoms with E-state index in [1.54, 1.807) is 26.1 Å². The van der Waals surface area contributed by atoms with Crippen molar-refractivity contribution >= 4 is 16.9 Å². The average molecular weight is 368 g/mol. The van der Waals surface area contributed by atoms with Crippen molar-refractivity contribution in [2.24, 2.45) is 0 Å². The summed E-state index contributed by atoms with van der Waals surface area (Å²) in [5, 5.41) is 0.755. The van der Waals surface area contributed by atoms with E-state index in [4.69, 9.17) is 4.42 Å². The van der Waals surface area contributed by atoms with Gasteiger partial charge in [-0.15, -0.1) is 0 Å². The Kier molecular flexibility index (Phi) is 4.71. The molecular weight excluding hydrogens is 349 g/mol. The predicted molar refractivity (Wildman–Crippen MR) is 90.5 cm³/mol. The van der Waals surface area contributed by atoms with Crippen molar-refractivity contribution < 1.29 is 23.8 Å². The Hall–Kier alpha value is -2.84. The molecule has 0 saturated carbocycles. The first-order valence-corrected chi connectivity index (χ1v) is 8.01. The van der Waals surface area contributed by atoms with Crippen LogP contribution in [-0.4, -0.2) is 44.5 Å². The molecule has 0 saturated heterocycles. The molecule has 0 aromatic carbocycles. The number of aromatic amines is 1. The normalized spacial score (nSPS) is 12.1. The van der Waals surface area contributed by atoms with E-state index < -0.39 is 31.1 Å². The number of aromatic nitrogens is 3. The maximum Gasteiger partial charge on any atom is 0.390 e. The molecule has 0 atom stereocenters. The van der Waals surface area contributed by atoms with Gasteiger partial charge in [0.1, 0.15) is 18.2 Å². The fourth-order valence-electron chi connectivity index (χ4n) is 2.66. The van der Waals surface area contributed by atoms with Crippen LogP contribution in [0.15, 0.2) is 35.3 Å². The van der Waals surface area contributed by atoms with Gasteiger partial charge in [-0.2, -0.15) is 13.2 Å². The number of carbonyl (C=O) groups is 1. The van der Waals surface area contributed by atoms with Crippen LogP contribution in [0, 0.1) is 0 Å². The average Bonchev–Trinajstić information content (AvgIpc) is 3.22. The number of nitrogens with one attached hydrogen (secondary N) is 1. The molecule has 3 aromatic rings. The lowest BCUT2D eigenvalue weighted by atomic mass is 10.1. The largest absolute Gasteiger partial charge is 0.458 e. The molecule has 1 N–H and O–H groups in total. The summed E-state index contributed by atoms with van der Waals surface area (Å²) in [5.74, 6) is -0.618. The third-order valence-electron chi connectivity index (χ3n) is 3.96. The molecule has 0 spiro atoms. The van der Waals surface area contributed by atoms with Crippen LogP contribution in [0.2, 0.25) is 0 Å². The number of amides is 1. The standard InChI is InChI=1S/C17H17F3N4O2.H2/c1-10(2)24(6-4-17(18,19)20)16(25)13-7-11(8-26-13)14-12-3-5-21-15(12)23-9-22-14;/h3,5,7-10H,4,6H2,1-2H3,(H,21,22,23);1H. The van der Waals surface area contributed by atoms with Crippen molar-refractivity contribution in [3.8, 4) is 11.3 Å². The van der Waals surface area contributed by atoms with E-state index in [2.05, 4.69) is 15.0 Å². The SMILES string of the molecule is CC(C)N(CCC(F)(F)F)C(=O)c1cc(-c2ncnc3[nH]ccc23)co1.[HH]. The summed E-state index contributed by atoms with van der Waals surface area (Å²) in [5.41, 5.74) is 1.77. The Balaban J connectivity index is 0.00000261. The van der Waals surface area contributed by atoms with Crippen LogP contribution in [0.25, 0.3) is 22.3 Å². The van der Waals surface area contributed by atoms with Crippen molar-refractivity contribution in [3.05, 3.63) is 36.7 Å². The molecule has 0 aliphatic carbocycles. The van der Waals surface area contributed by atoms with Crippen molar-refractivity contribution in [1.82, 2.24) is 19.9 Å². The first-order valence-electron chi connectivity index (χ1n) is 8.01. The fraction of sp³-hybridized carbons (Fsp3) is 0.353. The highest BCUT2D eigenvalue weighted by Crippen LogP contribution is 2.27. The van der Waals surface area contributed by atoms with Crippen LogP contribution in [0.4, 0.5) is 13.2 Å². The van der Waals surface area contributed by atoms with E-state index in [1.165, 1.54) is 18.7 Å². The lowest BCUT2D eigenvalue weighted by molar-refractivity contribution is -0.137. The van der Waals surface area contributed by atoms with E-state index in [0.717, 1.165) is 10.3 Å². The molecule has 0 aliphatic rings. The van der Waals surface area contributed by atoms with Crippen LogP contribution >= 0.6 is 0 Å². The number of alkyl halides is 3. The van der Waals surface area contributed by atoms with Gasteiger partial charge >= 0.3 is 6.18 Å². The van der Waals surface area contributed by atoms with Crippen molar-refractivity contribution in [2.75, 3.05) is 6.54 Å². The van der Waals surface area contributed by atoms with Crippen LogP contribution in [0.3, 0.4) is 0 Å². The molecule has 9 heteroatoms. The molecule has 140 valence electrons. The van der Waals surface area contributed by atoms with E-state index in [0.29, 0.717) is 16.9 Å². The highest BCUT2D eigenvalue weighted by Gasteiger charge is 2.31. The van der Waals surface area contributed by atoms with Crippen LogP contribution in [-0.2, 0) is 0 Å². The van der Waals surface area contributed by atoms with E-state index >= 15 is 0 Å². The summed E-state index contributed by atoms with van der Waals surface area (Å²) in [6.07, 6.45) is -0.938. The predicted octanol–water partition coefficient (Wildman–Crippen LogP) is 4.27. The summed E-state index contributed by atoms with van der Waals surface area (Å²) >= 11 is 0. The quantitative estimate of drug-likeness (QED) is 0.730. The Morgan fingerprint density at radius 2 is 2.15 bits per heavy atom. The number of carbonyl (C=O) groups excluding carboxylic acids is 1. The summed E-state index contributed by atoms with van der Waals surface area (Å²) < 4.78 is 42.9. The van der Waals surface area contributed by atoms with Gasteiger partial charge in [-0.05, 0) is 26.0 Å². The van der Waals surface area contributed by atoms with Gasteiger partial charge in [-0.1, -0.05) is 0 Å². The molecule has 0 bridgehead atoms. The number of halogens is 3. The maximum atomic E-state index is 12.6. The van der Waals surface area contributed by atoms with Crippen LogP contribution in [0.1, 0.15) is 32.2 Å². The number of H-pyrrole nitrogens is 1. The van der Waals surface area contributed by atoms with E-state index in [9.17, 15) is 18.0 Å². The van der Waals surface area contributed by atoms with Crippen molar-refractivity contribution in [3.63, 3.8) is 0 Å². The molecule has 6 nitrogen and oxygen atoms in total. The highest BCUT2D eigenvalue weighted by atomic mass is 19.4. The van der Waals surface area contributed by atoms with Gasteiger partial charge in [-0.25, -0.2) is 9.97 Å². The molecule has 3 heterocycles. The van der Waals surface area contributed by atoms with Crippen LogP contribution < -0.4 is 0 Å². The van der Waals surface area contributed by atoms with Gasteiger partial charge in [0.2, 0.25) is 0 Å². The highest BCUT2D eigenvalue weighted by molar-refractivity contribution is 5.95. The fourth-order valence-corrected chi connectivity index (χ4v) is 2.66. The summed E-state index contributed by atoms with van der Waals surface area (Å²) in [7, 11) is 0. The molecular formula is C17H19F3N4O2. The minimum atomic E-state index is -4.33. The second-order valence-corrected chi connectivity index (χ2v) is 6.12. The number of fused-ring (bicyclic) bond motifs is 1. The summed E-state index contributed by atoms with van der Waals surface area (Å²) in [6.45, 7) is 2.89. The Morgan fingerprint density at radius 3 is 2.85 bits per heavy atom. The van der Waals surface area contributed by atoms with Gasteiger partial charge in [0, 0.05) is 31.2 Å². The summed E-state index contributed by atoms with van der Waals surface area (Å²) in [4.78, 5) is 25.0. The van der Waals surface area contributed by atoms with Gasteiger partial charge in [0.25, 0.3) is 5.91 Å². The Labute approximate surface area is 148 Å². The molecule has 1 amide bonds. The molecule has 0 fully saturated rings. The van der Waals surface area contributed by atoms with E-state index in [1.807, 2.05) is 0 Å². The number of nitrogens with zero attached hydrogens (tertiary/aromatic N) is 3. The summed E-state index contributed by atoms with van der Waals surface area (Å²) in [6, 6.07) is 2.89. The lowest BCUT2D eigenvalue weighted by Crippen LogP contribution is -2.39. The Morgan fingerprint density at radius 1 is 1.38 bits per heavy atom. The molecule has 0 aliphatic heterocycles. The zero-order valence-electron chi connectivity index (χ0n) is 14.2. The second kappa shape index (κ2) is 6.81. The van der Waals surface area contributed by atoms with Gasteiger partial charge < -0.3 is 14.3 Å². The molecule has 0 unspecified atom stereocenters. The monoisotopic (exact) mass is 368 g/mol. The van der Waals surface area contributed by atoms with Crippen molar-refractivity contribution in [1.29, 1.82) is 0 Å². The maximum absolute atomic E-state index is 12.6. The number of furan rings is 1. The Bertz CT molecular complexity index is 920. The third-order valence-corrected chi connectivity index (χ3v) is 3.96. The minimum absolute atomic E-state index is 0. The third kappa shape index (κ3) is 3.71. The molecule has 26 heavy (non-hydrogen) atoms. The van der Waals surface area contributed by atoms with Crippen LogP contribution in [0.5, 0.6) is 0 Å². The first kappa shape index (κ1) is 18.0. The minimum Gasteiger partial charge on any atom is -0.458 e. The molecule has 3 rings (SSSR count). The molecule has 0 radical (unpaired) electrons. The first-order chi connectivity index (χ1) is 12.3. The smallest absolute Gasteiger partial charge is 0.390 e. The zero-order valence-corrected chi connectivity index (χ0v) is 14.2. The van der Waals surface area contributed by atoms with Gasteiger partial charge in [-0.3, -0.25) is 4.79 Å². The number of hydrogen-bond acceptors (Lipinski definition) is 4.